The molecule has 6 heteroatoms. The lowest BCUT2D eigenvalue weighted by Crippen LogP contribution is -2.12. The maximum atomic E-state index is 12.2. The Kier molecular flexibility index (Phi) is 5.98. The predicted molar refractivity (Wildman–Crippen MR) is 100 cm³/mol. The maximum Gasteiger partial charge on any atom is 0.224 e. The summed E-state index contributed by atoms with van der Waals surface area (Å²) in [5.41, 5.74) is 2.96. The zero-order valence-electron chi connectivity index (χ0n) is 14.8. The number of amides is 1. The van der Waals surface area contributed by atoms with Crippen LogP contribution in [0.1, 0.15) is 24.5 Å². The van der Waals surface area contributed by atoms with E-state index in [0.29, 0.717) is 26.0 Å². The highest BCUT2D eigenvalue weighted by Crippen LogP contribution is 2.15. The average molecular weight is 350 g/mol. The van der Waals surface area contributed by atoms with Gasteiger partial charge in [-0.1, -0.05) is 24.3 Å². The summed E-state index contributed by atoms with van der Waals surface area (Å²) >= 11 is 0. The molecule has 3 rings (SSSR count). The first-order chi connectivity index (χ1) is 12.7. The van der Waals surface area contributed by atoms with Gasteiger partial charge in [-0.05, 0) is 48.7 Å². The van der Waals surface area contributed by atoms with Crippen LogP contribution >= 0.6 is 0 Å². The third kappa shape index (κ3) is 5.17. The number of carbonyl (C=O) groups is 1. The molecule has 0 unspecified atom stereocenters. The van der Waals surface area contributed by atoms with Crippen molar-refractivity contribution >= 4 is 11.6 Å². The molecule has 1 aromatic heterocycles. The second kappa shape index (κ2) is 8.80. The SMILES string of the molecule is CCOc1ccc(CCC(=O)Nc2cccc(Cn3cncn3)c2)cc1. The Morgan fingerprint density at radius 1 is 1.15 bits per heavy atom. The second-order valence-corrected chi connectivity index (χ2v) is 5.92. The van der Waals surface area contributed by atoms with E-state index in [1.54, 1.807) is 11.0 Å². The first-order valence-corrected chi connectivity index (χ1v) is 8.66. The van der Waals surface area contributed by atoms with E-state index in [9.17, 15) is 4.79 Å². The molecule has 0 aliphatic heterocycles. The molecule has 0 aliphatic rings. The molecular formula is C20H22N4O2. The number of aryl methyl sites for hydroxylation is 1. The van der Waals surface area contributed by atoms with E-state index in [2.05, 4.69) is 15.4 Å². The molecule has 3 aromatic rings. The number of ether oxygens (including phenoxy) is 1. The zero-order chi connectivity index (χ0) is 18.2. The number of nitrogens with zero attached hydrogens (tertiary/aromatic N) is 3. The lowest BCUT2D eigenvalue weighted by atomic mass is 10.1. The zero-order valence-corrected chi connectivity index (χ0v) is 14.8. The minimum absolute atomic E-state index is 0.00297. The highest BCUT2D eigenvalue weighted by atomic mass is 16.5. The lowest BCUT2D eigenvalue weighted by molar-refractivity contribution is -0.116. The van der Waals surface area contributed by atoms with E-state index in [1.807, 2.05) is 55.5 Å². The average Bonchev–Trinajstić information content (AvgIpc) is 3.15. The van der Waals surface area contributed by atoms with E-state index >= 15 is 0 Å². The van der Waals surface area contributed by atoms with Gasteiger partial charge in [0.25, 0.3) is 0 Å². The summed E-state index contributed by atoms with van der Waals surface area (Å²) in [7, 11) is 0. The summed E-state index contributed by atoms with van der Waals surface area (Å²) in [5, 5.41) is 7.05. The number of hydrogen-bond acceptors (Lipinski definition) is 4. The Morgan fingerprint density at radius 3 is 2.73 bits per heavy atom. The van der Waals surface area contributed by atoms with E-state index in [4.69, 9.17) is 4.74 Å². The van der Waals surface area contributed by atoms with Gasteiger partial charge < -0.3 is 10.1 Å². The van der Waals surface area contributed by atoms with Gasteiger partial charge in [-0.25, -0.2) is 9.67 Å². The first kappa shape index (κ1) is 17.7. The Bertz CT molecular complexity index is 829. The smallest absolute Gasteiger partial charge is 0.224 e. The number of hydrogen-bond donors (Lipinski definition) is 1. The van der Waals surface area contributed by atoms with Crippen LogP contribution in [-0.4, -0.2) is 27.3 Å². The fraction of sp³-hybridized carbons (Fsp3) is 0.250. The standard InChI is InChI=1S/C20H22N4O2/c1-2-26-19-9-6-16(7-10-19)8-11-20(25)23-18-5-3-4-17(12-18)13-24-15-21-14-22-24/h3-7,9-10,12,14-15H,2,8,11,13H2,1H3,(H,23,25). The first-order valence-electron chi connectivity index (χ1n) is 8.66. The number of anilines is 1. The van der Waals surface area contributed by atoms with Crippen molar-refractivity contribution in [1.82, 2.24) is 14.8 Å². The van der Waals surface area contributed by atoms with Crippen molar-refractivity contribution in [3.8, 4) is 5.75 Å². The quantitative estimate of drug-likeness (QED) is 0.677. The number of aromatic nitrogens is 3. The van der Waals surface area contributed by atoms with Crippen molar-refractivity contribution in [2.24, 2.45) is 0 Å². The van der Waals surface area contributed by atoms with Gasteiger partial charge in [0.05, 0.1) is 13.2 Å². The largest absolute Gasteiger partial charge is 0.494 e. The van der Waals surface area contributed by atoms with Gasteiger partial charge in [0.2, 0.25) is 5.91 Å². The third-order valence-electron chi connectivity index (χ3n) is 3.90. The summed E-state index contributed by atoms with van der Waals surface area (Å²) in [6, 6.07) is 15.6. The van der Waals surface area contributed by atoms with Crippen LogP contribution in [0.15, 0.2) is 61.2 Å². The summed E-state index contributed by atoms with van der Waals surface area (Å²) in [4.78, 5) is 16.2. The topological polar surface area (TPSA) is 69.0 Å². The van der Waals surface area contributed by atoms with Crippen molar-refractivity contribution in [2.75, 3.05) is 11.9 Å². The molecule has 1 amide bonds. The molecule has 0 spiro atoms. The number of nitrogens with one attached hydrogen (secondary N) is 1. The molecule has 6 nitrogen and oxygen atoms in total. The highest BCUT2D eigenvalue weighted by molar-refractivity contribution is 5.90. The van der Waals surface area contributed by atoms with Crippen molar-refractivity contribution < 1.29 is 9.53 Å². The van der Waals surface area contributed by atoms with Crippen molar-refractivity contribution in [3.63, 3.8) is 0 Å². The molecule has 0 atom stereocenters. The molecule has 0 radical (unpaired) electrons. The number of carbonyl (C=O) groups excluding carboxylic acids is 1. The molecule has 2 aromatic carbocycles. The molecule has 1 heterocycles. The van der Waals surface area contributed by atoms with Gasteiger partial charge in [-0.15, -0.1) is 0 Å². The van der Waals surface area contributed by atoms with Crippen LogP contribution in [-0.2, 0) is 17.8 Å². The Labute approximate surface area is 152 Å². The monoisotopic (exact) mass is 350 g/mol. The Balaban J connectivity index is 1.51. The summed E-state index contributed by atoms with van der Waals surface area (Å²) < 4.78 is 7.17. The van der Waals surface area contributed by atoms with Gasteiger partial charge in [0.1, 0.15) is 18.4 Å². The summed E-state index contributed by atoms with van der Waals surface area (Å²) in [6.45, 7) is 3.23. The van der Waals surface area contributed by atoms with Crippen LogP contribution in [0.2, 0.25) is 0 Å². The number of rotatable bonds is 8. The van der Waals surface area contributed by atoms with Crippen LogP contribution in [0.5, 0.6) is 5.75 Å². The van der Waals surface area contributed by atoms with Crippen LogP contribution in [0.25, 0.3) is 0 Å². The molecule has 134 valence electrons. The fourth-order valence-corrected chi connectivity index (χ4v) is 2.65. The van der Waals surface area contributed by atoms with Gasteiger partial charge in [-0.2, -0.15) is 5.10 Å². The van der Waals surface area contributed by atoms with Gasteiger partial charge in [0, 0.05) is 12.1 Å². The second-order valence-electron chi connectivity index (χ2n) is 5.92. The van der Waals surface area contributed by atoms with Crippen molar-refractivity contribution in [2.45, 2.75) is 26.3 Å². The molecule has 1 N–H and O–H groups in total. The summed E-state index contributed by atoms with van der Waals surface area (Å²) in [6.07, 6.45) is 4.30. The maximum absolute atomic E-state index is 12.2. The van der Waals surface area contributed by atoms with Gasteiger partial charge >= 0.3 is 0 Å². The normalized spacial score (nSPS) is 10.5. The van der Waals surface area contributed by atoms with Crippen LogP contribution < -0.4 is 10.1 Å². The minimum atomic E-state index is -0.00297. The molecule has 0 aliphatic carbocycles. The summed E-state index contributed by atoms with van der Waals surface area (Å²) in [5.74, 6) is 0.849. The molecule has 26 heavy (non-hydrogen) atoms. The van der Waals surface area contributed by atoms with Gasteiger partial charge in [0.15, 0.2) is 0 Å². The Morgan fingerprint density at radius 2 is 2.00 bits per heavy atom. The van der Waals surface area contributed by atoms with E-state index in [0.717, 1.165) is 22.6 Å². The fourth-order valence-electron chi connectivity index (χ4n) is 2.65. The van der Waals surface area contributed by atoms with Crippen LogP contribution in [0, 0.1) is 0 Å². The van der Waals surface area contributed by atoms with Crippen molar-refractivity contribution in [1.29, 1.82) is 0 Å². The van der Waals surface area contributed by atoms with E-state index in [-0.39, 0.29) is 5.91 Å². The molecule has 0 bridgehead atoms. The molecule has 0 fully saturated rings. The third-order valence-corrected chi connectivity index (χ3v) is 3.90. The Hall–Kier alpha value is -3.15. The van der Waals surface area contributed by atoms with Gasteiger partial charge in [-0.3, -0.25) is 4.79 Å². The highest BCUT2D eigenvalue weighted by Gasteiger charge is 2.05. The minimum Gasteiger partial charge on any atom is -0.494 e. The van der Waals surface area contributed by atoms with E-state index < -0.39 is 0 Å². The molecule has 0 saturated heterocycles. The van der Waals surface area contributed by atoms with Crippen LogP contribution in [0.4, 0.5) is 5.69 Å². The predicted octanol–water partition coefficient (Wildman–Crippen LogP) is 3.30. The molecular weight excluding hydrogens is 328 g/mol. The lowest BCUT2D eigenvalue weighted by Gasteiger charge is -2.08. The number of benzene rings is 2. The van der Waals surface area contributed by atoms with Crippen molar-refractivity contribution in [3.05, 3.63) is 72.3 Å². The van der Waals surface area contributed by atoms with E-state index in [1.165, 1.54) is 6.33 Å². The van der Waals surface area contributed by atoms with Crippen LogP contribution in [0.3, 0.4) is 0 Å². The molecule has 0 saturated carbocycles.